The zero-order valence-electron chi connectivity index (χ0n) is 16.0. The first kappa shape index (κ1) is 19.5. The van der Waals surface area contributed by atoms with Gasteiger partial charge in [0.1, 0.15) is 0 Å². The smallest absolute Gasteiger partial charge is 0.368 e. The molecule has 9 heteroatoms. The van der Waals surface area contributed by atoms with E-state index in [1.807, 2.05) is 12.1 Å². The lowest BCUT2D eigenvalue weighted by atomic mass is 10.0. The number of nitrogens with one attached hydrogen (secondary N) is 1. The third-order valence-corrected chi connectivity index (χ3v) is 5.32. The second-order valence-corrected chi connectivity index (χ2v) is 7.02. The molecule has 0 fully saturated rings. The summed E-state index contributed by atoms with van der Waals surface area (Å²) in [4.78, 5) is 22.4. The highest BCUT2D eigenvalue weighted by atomic mass is 35.5. The Morgan fingerprint density at radius 3 is 2.63 bits per heavy atom. The molecule has 0 saturated carbocycles. The van der Waals surface area contributed by atoms with Crippen LogP contribution in [0.3, 0.4) is 0 Å². The van der Waals surface area contributed by atoms with E-state index in [4.69, 9.17) is 16.0 Å². The third kappa shape index (κ3) is 3.37. The van der Waals surface area contributed by atoms with Crippen LogP contribution in [0.4, 0.5) is 11.4 Å². The molecule has 150 valence electrons. The SMILES string of the molecule is Cc1c(Cl)c(C)c([N+](=O)[O-])c(O)c1C=Nc1ccc(-c2nc3[nH+]cccc3o2)cc1. The number of phenols is 1. The van der Waals surface area contributed by atoms with Crippen LogP contribution in [0.5, 0.6) is 5.75 Å². The molecule has 30 heavy (non-hydrogen) atoms. The Labute approximate surface area is 175 Å². The van der Waals surface area contributed by atoms with E-state index in [1.54, 1.807) is 37.4 Å². The number of fused-ring (bicyclic) bond motifs is 1. The number of benzene rings is 2. The average molecular weight is 424 g/mol. The number of nitro groups is 1. The summed E-state index contributed by atoms with van der Waals surface area (Å²) >= 11 is 6.21. The van der Waals surface area contributed by atoms with Crippen molar-refractivity contribution in [2.75, 3.05) is 0 Å². The molecular weight excluding hydrogens is 408 g/mol. The molecule has 0 bridgehead atoms. The van der Waals surface area contributed by atoms with Gasteiger partial charge in [0, 0.05) is 22.3 Å². The number of oxazole rings is 1. The molecule has 2 heterocycles. The summed E-state index contributed by atoms with van der Waals surface area (Å²) in [5.41, 5.74) is 3.17. The van der Waals surface area contributed by atoms with Crippen molar-refractivity contribution in [1.29, 1.82) is 0 Å². The summed E-state index contributed by atoms with van der Waals surface area (Å²) < 4.78 is 5.72. The first-order valence-electron chi connectivity index (χ1n) is 8.94. The maximum Gasteiger partial charge on any atom is 0.368 e. The quantitative estimate of drug-likeness (QED) is 0.283. The molecule has 0 amide bonds. The molecule has 0 spiro atoms. The fraction of sp³-hybridized carbons (Fsp3) is 0.0952. The van der Waals surface area contributed by atoms with E-state index in [0.717, 1.165) is 5.56 Å². The summed E-state index contributed by atoms with van der Waals surface area (Å²) in [7, 11) is 0. The molecule has 4 rings (SSSR count). The summed E-state index contributed by atoms with van der Waals surface area (Å²) in [5.74, 6) is 0.0138. The number of nitrogens with zero attached hydrogens (tertiary/aromatic N) is 3. The van der Waals surface area contributed by atoms with Crippen LogP contribution < -0.4 is 4.98 Å². The summed E-state index contributed by atoms with van der Waals surface area (Å²) in [6.45, 7) is 3.17. The summed E-state index contributed by atoms with van der Waals surface area (Å²) in [5, 5.41) is 21.9. The molecule has 2 N–H and O–H groups in total. The molecule has 0 atom stereocenters. The fourth-order valence-electron chi connectivity index (χ4n) is 3.13. The largest absolute Gasteiger partial charge is 0.502 e. The Morgan fingerprint density at radius 2 is 1.97 bits per heavy atom. The van der Waals surface area contributed by atoms with Crippen molar-refractivity contribution in [2.45, 2.75) is 13.8 Å². The second kappa shape index (κ2) is 7.57. The van der Waals surface area contributed by atoms with Gasteiger partial charge in [0.05, 0.1) is 27.4 Å². The minimum absolute atomic E-state index is 0.205. The predicted octanol–water partition coefficient (Wildman–Crippen LogP) is 4.94. The van der Waals surface area contributed by atoms with Gasteiger partial charge in [-0.3, -0.25) is 15.1 Å². The van der Waals surface area contributed by atoms with Gasteiger partial charge in [-0.05, 0) is 55.8 Å². The molecular formula is C21H16ClN4O4+. The van der Waals surface area contributed by atoms with Crippen molar-refractivity contribution in [3.05, 3.63) is 74.4 Å². The molecule has 0 aliphatic heterocycles. The number of rotatable bonds is 4. The number of aromatic nitrogens is 2. The normalized spacial score (nSPS) is 11.4. The van der Waals surface area contributed by atoms with E-state index in [-0.39, 0.29) is 16.1 Å². The molecule has 2 aromatic carbocycles. The fourth-order valence-corrected chi connectivity index (χ4v) is 3.32. The van der Waals surface area contributed by atoms with Gasteiger partial charge in [-0.25, -0.2) is 4.98 Å². The summed E-state index contributed by atoms with van der Waals surface area (Å²) in [6, 6.07) is 10.8. The van der Waals surface area contributed by atoms with E-state index < -0.39 is 16.4 Å². The zero-order chi connectivity index (χ0) is 21.4. The minimum atomic E-state index is -0.653. The zero-order valence-corrected chi connectivity index (χ0v) is 16.8. The van der Waals surface area contributed by atoms with Gasteiger partial charge in [-0.1, -0.05) is 11.6 Å². The molecule has 0 aliphatic rings. The maximum atomic E-state index is 11.3. The van der Waals surface area contributed by atoms with Crippen LogP contribution in [-0.2, 0) is 0 Å². The Morgan fingerprint density at radius 1 is 1.23 bits per heavy atom. The number of phenolic OH excluding ortho intramolecular Hbond substituents is 1. The minimum Gasteiger partial charge on any atom is -0.502 e. The maximum absolute atomic E-state index is 11.3. The van der Waals surface area contributed by atoms with E-state index in [1.165, 1.54) is 13.1 Å². The van der Waals surface area contributed by atoms with Crippen molar-refractivity contribution >= 4 is 40.4 Å². The first-order chi connectivity index (χ1) is 14.4. The highest BCUT2D eigenvalue weighted by Crippen LogP contribution is 2.40. The van der Waals surface area contributed by atoms with E-state index >= 15 is 0 Å². The lowest BCUT2D eigenvalue weighted by Crippen LogP contribution is -2.00. The molecule has 0 saturated heterocycles. The van der Waals surface area contributed by atoms with Gasteiger partial charge < -0.3 is 9.52 Å². The molecule has 0 aliphatic carbocycles. The Bertz CT molecular complexity index is 1280. The second-order valence-electron chi connectivity index (χ2n) is 6.64. The predicted molar refractivity (Wildman–Crippen MR) is 112 cm³/mol. The highest BCUT2D eigenvalue weighted by Gasteiger charge is 2.25. The average Bonchev–Trinajstić information content (AvgIpc) is 3.16. The van der Waals surface area contributed by atoms with Crippen molar-refractivity contribution in [3.63, 3.8) is 0 Å². The molecule has 8 nitrogen and oxygen atoms in total. The van der Waals surface area contributed by atoms with Crippen LogP contribution in [0.15, 0.2) is 52.0 Å². The van der Waals surface area contributed by atoms with Crippen molar-refractivity contribution in [1.82, 2.24) is 4.98 Å². The number of hydrogen-bond acceptors (Lipinski definition) is 6. The Hall–Kier alpha value is -3.78. The van der Waals surface area contributed by atoms with Crippen LogP contribution in [0.25, 0.3) is 22.7 Å². The van der Waals surface area contributed by atoms with E-state index in [0.29, 0.717) is 28.4 Å². The lowest BCUT2D eigenvalue weighted by Gasteiger charge is -2.10. The van der Waals surface area contributed by atoms with Crippen LogP contribution in [0.2, 0.25) is 5.02 Å². The van der Waals surface area contributed by atoms with Gasteiger partial charge >= 0.3 is 17.2 Å². The van der Waals surface area contributed by atoms with Crippen molar-refractivity contribution < 1.29 is 19.4 Å². The number of aromatic amines is 1. The molecule has 2 aromatic heterocycles. The number of halogens is 1. The summed E-state index contributed by atoms with van der Waals surface area (Å²) in [6.07, 6.45) is 3.14. The number of hydrogen-bond donors (Lipinski definition) is 1. The third-order valence-electron chi connectivity index (χ3n) is 4.75. The number of H-pyrrole nitrogens is 1. The first-order valence-corrected chi connectivity index (χ1v) is 9.32. The van der Waals surface area contributed by atoms with Gasteiger partial charge in [-0.2, -0.15) is 0 Å². The Balaban J connectivity index is 1.66. The molecule has 0 radical (unpaired) electrons. The van der Waals surface area contributed by atoms with Crippen molar-refractivity contribution in [3.8, 4) is 17.2 Å². The van der Waals surface area contributed by atoms with Crippen LogP contribution in [-0.4, -0.2) is 21.2 Å². The number of pyridine rings is 1. The lowest BCUT2D eigenvalue weighted by molar-refractivity contribution is -0.386. The van der Waals surface area contributed by atoms with Crippen molar-refractivity contribution in [2.24, 2.45) is 4.99 Å². The van der Waals surface area contributed by atoms with Crippen LogP contribution in [0, 0.1) is 24.0 Å². The molecule has 4 aromatic rings. The highest BCUT2D eigenvalue weighted by molar-refractivity contribution is 6.33. The van der Waals surface area contributed by atoms with Gasteiger partial charge in [-0.15, -0.1) is 0 Å². The van der Waals surface area contributed by atoms with E-state index in [9.17, 15) is 15.2 Å². The Kier molecular flexibility index (Phi) is 4.93. The number of aromatic hydroxyl groups is 1. The molecule has 0 unspecified atom stereocenters. The monoisotopic (exact) mass is 423 g/mol. The van der Waals surface area contributed by atoms with Gasteiger partial charge in [0.25, 0.3) is 0 Å². The van der Waals surface area contributed by atoms with Crippen LogP contribution in [0.1, 0.15) is 16.7 Å². The van der Waals surface area contributed by atoms with E-state index in [2.05, 4.69) is 15.0 Å². The van der Waals surface area contributed by atoms with Gasteiger partial charge in [0.2, 0.25) is 11.3 Å². The topological polar surface area (TPSA) is 116 Å². The van der Waals surface area contributed by atoms with Gasteiger partial charge in [0.15, 0.2) is 0 Å². The number of aliphatic imine (C=N–C) groups is 1. The number of nitro benzene ring substituents is 1. The standard InChI is InChI=1S/C21H15ClN4O4/c1-11-15(19(27)18(26(28)29)12(2)17(11)22)10-24-14-7-5-13(6-8-14)21-25-20-16(30-21)4-3-9-23-20/h3-10,27H,1-2H3/p+1. The van der Waals surface area contributed by atoms with Crippen LogP contribution >= 0.6 is 11.6 Å².